The Kier molecular flexibility index (Phi) is 1.73. The molecule has 3 aromatic rings. The van der Waals surface area contributed by atoms with E-state index in [1.165, 1.54) is 16.7 Å². The molecule has 3 aromatic heterocycles. The van der Waals surface area contributed by atoms with Gasteiger partial charge in [-0.1, -0.05) is 0 Å². The molecule has 16 heavy (non-hydrogen) atoms. The summed E-state index contributed by atoms with van der Waals surface area (Å²) < 4.78 is 19.7. The lowest BCUT2D eigenvalue weighted by molar-refractivity contribution is 0.581. The van der Waals surface area contributed by atoms with Crippen molar-refractivity contribution in [1.82, 2.24) is 9.38 Å². The lowest BCUT2D eigenvalue weighted by Gasteiger charge is -1.96. The van der Waals surface area contributed by atoms with Gasteiger partial charge in [0.2, 0.25) is 0 Å². The smallest absolute Gasteiger partial charge is 0.156 e. The van der Waals surface area contributed by atoms with E-state index in [-0.39, 0.29) is 5.82 Å². The van der Waals surface area contributed by atoms with Crippen LogP contribution < -0.4 is 5.73 Å². The summed E-state index contributed by atoms with van der Waals surface area (Å²) >= 11 is 0. The maximum Gasteiger partial charge on any atom is 0.156 e. The average molecular weight is 217 g/mol. The molecule has 0 bridgehead atoms. The Labute approximate surface area is 90.1 Å². The lowest BCUT2D eigenvalue weighted by atomic mass is 10.3. The van der Waals surface area contributed by atoms with E-state index in [1.54, 1.807) is 24.5 Å². The van der Waals surface area contributed by atoms with Gasteiger partial charge in [-0.2, -0.15) is 0 Å². The summed E-state index contributed by atoms with van der Waals surface area (Å²) in [6.07, 6.45) is 2.84. The fraction of sp³-hybridized carbons (Fsp3) is 0. The number of hydrogen-bond donors (Lipinski definition) is 1. The number of rotatable bonds is 1. The van der Waals surface area contributed by atoms with Crippen LogP contribution in [0.5, 0.6) is 0 Å². The Hall–Kier alpha value is -2.30. The largest absolute Gasteiger partial charge is 0.463 e. The normalized spacial score (nSPS) is 11.1. The summed E-state index contributed by atoms with van der Waals surface area (Å²) in [6.45, 7) is 0. The first kappa shape index (κ1) is 8.96. The molecule has 0 radical (unpaired) electrons. The molecule has 0 aliphatic carbocycles. The summed E-state index contributed by atoms with van der Waals surface area (Å²) in [4.78, 5) is 4.27. The first-order valence-electron chi connectivity index (χ1n) is 4.72. The van der Waals surface area contributed by atoms with E-state index in [9.17, 15) is 4.39 Å². The Balaban J connectivity index is 2.32. The van der Waals surface area contributed by atoms with Crippen LogP contribution in [0.25, 0.3) is 17.1 Å². The number of pyridine rings is 1. The minimum atomic E-state index is -0.359. The van der Waals surface area contributed by atoms with Gasteiger partial charge in [-0.25, -0.2) is 9.37 Å². The van der Waals surface area contributed by atoms with Gasteiger partial charge < -0.3 is 10.2 Å². The van der Waals surface area contributed by atoms with E-state index in [1.807, 2.05) is 0 Å². The number of fused-ring (bicyclic) bond motifs is 1. The van der Waals surface area contributed by atoms with Crippen molar-refractivity contribution in [2.24, 2.45) is 0 Å². The third-order valence-corrected chi connectivity index (χ3v) is 2.37. The number of nitrogens with zero attached hydrogens (tertiary/aromatic N) is 2. The minimum absolute atomic E-state index is 0.359. The third-order valence-electron chi connectivity index (χ3n) is 2.37. The summed E-state index contributed by atoms with van der Waals surface area (Å²) in [6, 6.07) is 6.42. The van der Waals surface area contributed by atoms with E-state index >= 15 is 0 Å². The van der Waals surface area contributed by atoms with Crippen molar-refractivity contribution in [3.63, 3.8) is 0 Å². The van der Waals surface area contributed by atoms with Crippen molar-refractivity contribution in [2.75, 3.05) is 5.73 Å². The zero-order valence-corrected chi connectivity index (χ0v) is 8.22. The molecule has 0 spiro atoms. The molecule has 0 fully saturated rings. The summed E-state index contributed by atoms with van der Waals surface area (Å²) in [5, 5.41) is 0. The lowest BCUT2D eigenvalue weighted by Crippen LogP contribution is -1.94. The first-order valence-corrected chi connectivity index (χ1v) is 4.72. The second kappa shape index (κ2) is 3.10. The van der Waals surface area contributed by atoms with Crippen LogP contribution in [0.1, 0.15) is 0 Å². The molecule has 2 N–H and O–H groups in total. The second-order valence-corrected chi connectivity index (χ2v) is 3.40. The van der Waals surface area contributed by atoms with Crippen molar-refractivity contribution in [3.8, 4) is 11.5 Å². The van der Waals surface area contributed by atoms with Gasteiger partial charge in [0.15, 0.2) is 5.76 Å². The van der Waals surface area contributed by atoms with E-state index in [2.05, 4.69) is 4.98 Å². The fourth-order valence-corrected chi connectivity index (χ4v) is 1.63. The van der Waals surface area contributed by atoms with Crippen LogP contribution in [-0.2, 0) is 0 Å². The molecule has 0 amide bonds. The summed E-state index contributed by atoms with van der Waals surface area (Å²) in [7, 11) is 0. The van der Waals surface area contributed by atoms with Gasteiger partial charge in [-0.15, -0.1) is 0 Å². The van der Waals surface area contributed by atoms with Crippen LogP contribution in [0, 0.1) is 5.82 Å². The molecular weight excluding hydrogens is 209 g/mol. The van der Waals surface area contributed by atoms with Crippen molar-refractivity contribution < 1.29 is 8.81 Å². The van der Waals surface area contributed by atoms with Gasteiger partial charge in [-0.3, -0.25) is 4.40 Å². The monoisotopic (exact) mass is 217 g/mol. The number of halogens is 1. The molecule has 3 heterocycles. The second-order valence-electron chi connectivity index (χ2n) is 3.40. The van der Waals surface area contributed by atoms with Crippen LogP contribution >= 0.6 is 0 Å². The maximum atomic E-state index is 13.0. The molecule has 0 aliphatic rings. The molecule has 0 saturated carbocycles. The predicted octanol–water partition coefficient (Wildman–Crippen LogP) is 2.32. The quantitative estimate of drug-likeness (QED) is 0.680. The number of imidazole rings is 1. The minimum Gasteiger partial charge on any atom is -0.463 e. The van der Waals surface area contributed by atoms with Crippen LogP contribution in [0.2, 0.25) is 0 Å². The number of nitrogens with two attached hydrogens (primary N) is 1. The highest BCUT2D eigenvalue weighted by atomic mass is 19.1. The van der Waals surface area contributed by atoms with Crippen LogP contribution in [0.4, 0.5) is 10.2 Å². The number of nitrogen functional groups attached to an aromatic ring is 1. The number of anilines is 1. The number of hydrogen-bond acceptors (Lipinski definition) is 3. The Morgan fingerprint density at radius 2 is 2.19 bits per heavy atom. The van der Waals surface area contributed by atoms with Crippen molar-refractivity contribution in [1.29, 1.82) is 0 Å². The summed E-state index contributed by atoms with van der Waals surface area (Å²) in [5.41, 5.74) is 6.98. The van der Waals surface area contributed by atoms with Gasteiger partial charge in [0.1, 0.15) is 23.0 Å². The molecule has 80 valence electrons. The van der Waals surface area contributed by atoms with Crippen molar-refractivity contribution in [2.45, 2.75) is 0 Å². The average Bonchev–Trinajstić information content (AvgIpc) is 2.87. The van der Waals surface area contributed by atoms with Crippen LogP contribution in [0.15, 0.2) is 41.1 Å². The molecular formula is C11H8FN3O. The molecule has 0 atom stereocenters. The summed E-state index contributed by atoms with van der Waals surface area (Å²) in [5.74, 6) is 0.577. The molecule has 4 nitrogen and oxygen atoms in total. The topological polar surface area (TPSA) is 56.5 Å². The highest BCUT2D eigenvalue weighted by Crippen LogP contribution is 2.26. The van der Waals surface area contributed by atoms with E-state index in [4.69, 9.17) is 10.2 Å². The van der Waals surface area contributed by atoms with Crippen molar-refractivity contribution >= 4 is 11.5 Å². The van der Waals surface area contributed by atoms with Gasteiger partial charge in [0.05, 0.1) is 6.26 Å². The number of furan rings is 1. The molecule has 0 aliphatic heterocycles. The fourth-order valence-electron chi connectivity index (χ4n) is 1.63. The standard InChI is InChI=1S/C11H8FN3O/c12-7-3-4-9-14-10(8-2-1-5-16-8)11(13)15(9)6-7/h1-6H,13H2. The zero-order valence-electron chi connectivity index (χ0n) is 8.22. The SMILES string of the molecule is Nc1c(-c2ccco2)nc2ccc(F)cn12. The third kappa shape index (κ3) is 1.18. The van der Waals surface area contributed by atoms with E-state index in [0.29, 0.717) is 22.9 Å². The molecule has 0 unspecified atom stereocenters. The van der Waals surface area contributed by atoms with Crippen LogP contribution in [-0.4, -0.2) is 9.38 Å². The first-order chi connectivity index (χ1) is 7.75. The zero-order chi connectivity index (χ0) is 11.1. The van der Waals surface area contributed by atoms with Gasteiger partial charge in [0, 0.05) is 6.20 Å². The van der Waals surface area contributed by atoms with E-state index < -0.39 is 0 Å². The van der Waals surface area contributed by atoms with Crippen LogP contribution in [0.3, 0.4) is 0 Å². The molecule has 5 heteroatoms. The van der Waals surface area contributed by atoms with Gasteiger partial charge in [0.25, 0.3) is 0 Å². The molecule has 0 aromatic carbocycles. The highest BCUT2D eigenvalue weighted by Gasteiger charge is 2.13. The Morgan fingerprint density at radius 1 is 1.31 bits per heavy atom. The molecule has 0 saturated heterocycles. The number of aromatic nitrogens is 2. The highest BCUT2D eigenvalue weighted by molar-refractivity contribution is 5.71. The van der Waals surface area contributed by atoms with Crippen molar-refractivity contribution in [3.05, 3.63) is 42.5 Å². The Bertz CT molecular complexity index is 643. The maximum absolute atomic E-state index is 13.0. The van der Waals surface area contributed by atoms with E-state index in [0.717, 1.165) is 0 Å². The predicted molar refractivity (Wildman–Crippen MR) is 57.3 cm³/mol. The van der Waals surface area contributed by atoms with Gasteiger partial charge in [-0.05, 0) is 24.3 Å². The molecule has 3 rings (SSSR count). The van der Waals surface area contributed by atoms with Gasteiger partial charge >= 0.3 is 0 Å². The Morgan fingerprint density at radius 3 is 2.94 bits per heavy atom.